The Hall–Kier alpha value is -1.35. The molecule has 0 radical (unpaired) electrons. The second kappa shape index (κ2) is 4.05. The molecule has 70 valence electrons. The number of aliphatic hydroxyl groups is 1. The lowest BCUT2D eigenvalue weighted by Crippen LogP contribution is -2.15. The van der Waals surface area contributed by atoms with Crippen molar-refractivity contribution in [2.24, 2.45) is 5.73 Å². The number of hydrogen-bond acceptors (Lipinski definition) is 2. The summed E-state index contributed by atoms with van der Waals surface area (Å²) in [5.74, 6) is -0.490. The Bertz CT molecular complexity index is 310. The Balaban J connectivity index is 2.82. The van der Waals surface area contributed by atoms with Crippen LogP contribution in [0.4, 0.5) is 0 Å². The Morgan fingerprint density at radius 2 is 2.15 bits per heavy atom. The fraction of sp³-hybridized carbons (Fsp3) is 0.300. The van der Waals surface area contributed by atoms with Gasteiger partial charge in [-0.3, -0.25) is 4.79 Å². The number of amides is 1. The van der Waals surface area contributed by atoms with Crippen molar-refractivity contribution in [2.45, 2.75) is 19.4 Å². The van der Waals surface area contributed by atoms with E-state index in [4.69, 9.17) is 5.73 Å². The van der Waals surface area contributed by atoms with Crippen LogP contribution in [0.15, 0.2) is 24.3 Å². The zero-order valence-electron chi connectivity index (χ0n) is 7.53. The highest BCUT2D eigenvalue weighted by molar-refractivity contribution is 5.74. The van der Waals surface area contributed by atoms with E-state index in [1.165, 1.54) is 0 Å². The molecule has 0 saturated carbocycles. The highest BCUT2D eigenvalue weighted by Gasteiger charge is 2.11. The van der Waals surface area contributed by atoms with Crippen LogP contribution in [0.5, 0.6) is 0 Å². The number of aryl methyl sites for hydroxylation is 1. The van der Waals surface area contributed by atoms with Gasteiger partial charge in [0.05, 0.1) is 12.5 Å². The lowest BCUT2D eigenvalue weighted by Gasteiger charge is -2.11. The molecule has 0 aromatic heterocycles. The van der Waals surface area contributed by atoms with Crippen LogP contribution in [0.2, 0.25) is 0 Å². The van der Waals surface area contributed by atoms with Gasteiger partial charge >= 0.3 is 0 Å². The normalized spacial score (nSPS) is 12.5. The molecule has 0 aliphatic heterocycles. The van der Waals surface area contributed by atoms with Crippen LogP contribution >= 0.6 is 0 Å². The number of hydrogen-bond donors (Lipinski definition) is 2. The summed E-state index contributed by atoms with van der Waals surface area (Å²) in [6.45, 7) is 1.89. The van der Waals surface area contributed by atoms with E-state index in [0.29, 0.717) is 0 Å². The maximum Gasteiger partial charge on any atom is 0.220 e. The van der Waals surface area contributed by atoms with Gasteiger partial charge in [-0.25, -0.2) is 0 Å². The number of carbonyl (C=O) groups excluding carboxylic acids is 1. The van der Waals surface area contributed by atoms with Crippen LogP contribution in [0, 0.1) is 6.92 Å². The summed E-state index contributed by atoms with van der Waals surface area (Å²) in [7, 11) is 0. The maximum absolute atomic E-state index is 10.6. The van der Waals surface area contributed by atoms with Gasteiger partial charge in [0, 0.05) is 0 Å². The zero-order chi connectivity index (χ0) is 9.84. The van der Waals surface area contributed by atoms with Gasteiger partial charge in [0.25, 0.3) is 0 Å². The summed E-state index contributed by atoms with van der Waals surface area (Å²) in [5, 5.41) is 9.57. The molecule has 1 atom stereocenters. The first kappa shape index (κ1) is 9.74. The van der Waals surface area contributed by atoms with E-state index in [0.717, 1.165) is 11.1 Å². The monoisotopic (exact) mass is 179 g/mol. The Morgan fingerprint density at radius 1 is 1.54 bits per heavy atom. The molecule has 3 nitrogen and oxygen atoms in total. The van der Waals surface area contributed by atoms with Crippen LogP contribution in [0.1, 0.15) is 23.7 Å². The molecule has 0 aliphatic rings. The topological polar surface area (TPSA) is 63.3 Å². The summed E-state index contributed by atoms with van der Waals surface area (Å²) < 4.78 is 0. The maximum atomic E-state index is 10.6. The van der Waals surface area contributed by atoms with Gasteiger partial charge in [-0.2, -0.15) is 0 Å². The third-order valence-corrected chi connectivity index (χ3v) is 1.94. The van der Waals surface area contributed by atoms with Crippen molar-refractivity contribution in [1.82, 2.24) is 0 Å². The summed E-state index contributed by atoms with van der Waals surface area (Å²) in [4.78, 5) is 10.6. The van der Waals surface area contributed by atoms with E-state index in [1.807, 2.05) is 25.1 Å². The SMILES string of the molecule is Cc1ccccc1[C@@H](O)CC(N)=O. The van der Waals surface area contributed by atoms with Crippen molar-refractivity contribution in [3.63, 3.8) is 0 Å². The summed E-state index contributed by atoms with van der Waals surface area (Å²) in [5.41, 5.74) is 6.72. The molecule has 3 N–H and O–H groups in total. The van der Waals surface area contributed by atoms with E-state index in [1.54, 1.807) is 6.07 Å². The number of carbonyl (C=O) groups is 1. The van der Waals surface area contributed by atoms with Crippen molar-refractivity contribution < 1.29 is 9.90 Å². The first-order valence-electron chi connectivity index (χ1n) is 4.13. The summed E-state index contributed by atoms with van der Waals surface area (Å²) >= 11 is 0. The largest absolute Gasteiger partial charge is 0.388 e. The molecule has 1 rings (SSSR count). The first-order valence-corrected chi connectivity index (χ1v) is 4.13. The Morgan fingerprint density at radius 3 is 2.69 bits per heavy atom. The van der Waals surface area contributed by atoms with Gasteiger partial charge in [0.1, 0.15) is 0 Å². The average Bonchev–Trinajstić information content (AvgIpc) is 2.03. The second-order valence-electron chi connectivity index (χ2n) is 3.04. The van der Waals surface area contributed by atoms with Gasteiger partial charge in [-0.1, -0.05) is 24.3 Å². The quantitative estimate of drug-likeness (QED) is 0.724. The van der Waals surface area contributed by atoms with E-state index >= 15 is 0 Å². The minimum atomic E-state index is -0.779. The summed E-state index contributed by atoms with van der Waals surface area (Å²) in [6, 6.07) is 7.39. The molecular weight excluding hydrogens is 166 g/mol. The van der Waals surface area contributed by atoms with Crippen molar-refractivity contribution in [1.29, 1.82) is 0 Å². The molecule has 0 spiro atoms. The van der Waals surface area contributed by atoms with Gasteiger partial charge in [0.2, 0.25) is 5.91 Å². The lowest BCUT2D eigenvalue weighted by atomic mass is 10.0. The van der Waals surface area contributed by atoms with Gasteiger partial charge < -0.3 is 10.8 Å². The number of benzene rings is 1. The molecule has 13 heavy (non-hydrogen) atoms. The van der Waals surface area contributed by atoms with E-state index in [-0.39, 0.29) is 6.42 Å². The van der Waals surface area contributed by atoms with Gasteiger partial charge in [-0.05, 0) is 18.1 Å². The van der Waals surface area contributed by atoms with Crippen LogP contribution in [0.25, 0.3) is 0 Å². The smallest absolute Gasteiger partial charge is 0.220 e. The van der Waals surface area contributed by atoms with Gasteiger partial charge in [-0.15, -0.1) is 0 Å². The molecule has 0 heterocycles. The fourth-order valence-corrected chi connectivity index (χ4v) is 1.26. The number of nitrogens with two attached hydrogens (primary N) is 1. The molecule has 3 heteroatoms. The Labute approximate surface area is 77.2 Å². The van der Waals surface area contributed by atoms with E-state index in [2.05, 4.69) is 0 Å². The van der Waals surface area contributed by atoms with Crippen LogP contribution in [-0.2, 0) is 4.79 Å². The molecule has 0 unspecified atom stereocenters. The molecule has 0 bridgehead atoms. The van der Waals surface area contributed by atoms with Crippen molar-refractivity contribution in [2.75, 3.05) is 0 Å². The molecular formula is C10H13NO2. The van der Waals surface area contributed by atoms with E-state index < -0.39 is 12.0 Å². The molecule has 1 aromatic rings. The minimum Gasteiger partial charge on any atom is -0.388 e. The highest BCUT2D eigenvalue weighted by atomic mass is 16.3. The van der Waals surface area contributed by atoms with E-state index in [9.17, 15) is 9.90 Å². The third kappa shape index (κ3) is 2.56. The number of rotatable bonds is 3. The highest BCUT2D eigenvalue weighted by Crippen LogP contribution is 2.19. The third-order valence-electron chi connectivity index (χ3n) is 1.94. The average molecular weight is 179 g/mol. The molecule has 0 aliphatic carbocycles. The second-order valence-corrected chi connectivity index (χ2v) is 3.04. The lowest BCUT2D eigenvalue weighted by molar-refractivity contribution is -0.119. The van der Waals surface area contributed by atoms with Crippen molar-refractivity contribution in [3.05, 3.63) is 35.4 Å². The molecule has 1 amide bonds. The number of aliphatic hydroxyl groups excluding tert-OH is 1. The minimum absolute atomic E-state index is 0.0230. The fourth-order valence-electron chi connectivity index (χ4n) is 1.26. The van der Waals surface area contributed by atoms with Crippen LogP contribution in [-0.4, -0.2) is 11.0 Å². The standard InChI is InChI=1S/C10H13NO2/c1-7-4-2-3-5-8(7)9(12)6-10(11)13/h2-5,9,12H,6H2,1H3,(H2,11,13)/t9-/m0/s1. The predicted molar refractivity (Wildman–Crippen MR) is 50.0 cm³/mol. The van der Waals surface area contributed by atoms with Gasteiger partial charge in [0.15, 0.2) is 0 Å². The van der Waals surface area contributed by atoms with Crippen LogP contribution < -0.4 is 5.73 Å². The van der Waals surface area contributed by atoms with Crippen LogP contribution in [0.3, 0.4) is 0 Å². The van der Waals surface area contributed by atoms with Crippen molar-refractivity contribution >= 4 is 5.91 Å². The molecule has 0 saturated heterocycles. The first-order chi connectivity index (χ1) is 6.11. The molecule has 1 aromatic carbocycles. The molecule has 0 fully saturated rings. The Kier molecular flexibility index (Phi) is 3.03. The predicted octanol–water partition coefficient (Wildman–Crippen LogP) is 0.904. The number of primary amides is 1. The zero-order valence-corrected chi connectivity index (χ0v) is 7.53. The summed E-state index contributed by atoms with van der Waals surface area (Å²) in [6.07, 6.45) is -0.802. The van der Waals surface area contributed by atoms with Crippen molar-refractivity contribution in [3.8, 4) is 0 Å².